The molecule has 2 N–H and O–H groups in total. The predicted molar refractivity (Wildman–Crippen MR) is 101 cm³/mol. The van der Waals surface area contributed by atoms with E-state index in [0.717, 1.165) is 19.3 Å². The molecule has 0 heterocycles. The Morgan fingerprint density at radius 3 is 2.91 bits per heavy atom. The smallest absolute Gasteiger partial charge is 0.115 e. The third-order valence-corrected chi connectivity index (χ3v) is 7.46. The molecule has 23 heavy (non-hydrogen) atoms. The van der Waals surface area contributed by atoms with Crippen LogP contribution in [0.3, 0.4) is 0 Å². The molecule has 3 heteroatoms. The van der Waals surface area contributed by atoms with E-state index in [4.69, 9.17) is 0 Å². The Morgan fingerprint density at radius 2 is 2.13 bits per heavy atom. The van der Waals surface area contributed by atoms with Crippen molar-refractivity contribution in [3.63, 3.8) is 0 Å². The minimum absolute atomic E-state index is 0.0798. The fraction of sp³-hybridized carbons (Fsp3) is 0.600. The van der Waals surface area contributed by atoms with Crippen LogP contribution in [0.5, 0.6) is 5.75 Å². The summed E-state index contributed by atoms with van der Waals surface area (Å²) in [7, 11) is 0. The van der Waals surface area contributed by atoms with Crippen molar-refractivity contribution < 1.29 is 10.2 Å². The number of fused-ring (bicyclic) bond motifs is 5. The van der Waals surface area contributed by atoms with Gasteiger partial charge in [-0.3, -0.25) is 0 Å². The zero-order chi connectivity index (χ0) is 16.2. The van der Waals surface area contributed by atoms with E-state index in [2.05, 4.69) is 45.7 Å². The highest BCUT2D eigenvalue weighted by Gasteiger charge is 2.57. The number of allylic oxidation sites excluding steroid dienone is 1. The van der Waals surface area contributed by atoms with Gasteiger partial charge >= 0.3 is 0 Å². The van der Waals surface area contributed by atoms with Gasteiger partial charge in [0, 0.05) is 0 Å². The number of phenolic OH excluding ortho intramolecular Hbond substituents is 1. The molecule has 2 unspecified atom stereocenters. The van der Waals surface area contributed by atoms with E-state index in [9.17, 15) is 10.2 Å². The van der Waals surface area contributed by atoms with E-state index in [1.807, 2.05) is 12.1 Å². The lowest BCUT2D eigenvalue weighted by molar-refractivity contribution is -0.0269. The molecule has 0 aromatic heterocycles. The Balaban J connectivity index is 1.73. The molecule has 2 nitrogen and oxygen atoms in total. The third-order valence-electron chi connectivity index (χ3n) is 7.04. The van der Waals surface area contributed by atoms with Crippen LogP contribution in [0, 0.1) is 23.2 Å². The Bertz CT molecular complexity index is 641. The average Bonchev–Trinajstić information content (AvgIpc) is 2.78. The lowest BCUT2D eigenvalue weighted by Gasteiger charge is -2.51. The predicted octanol–water partition coefficient (Wildman–Crippen LogP) is 4.78. The van der Waals surface area contributed by atoms with Gasteiger partial charge in [-0.05, 0) is 88.5 Å². The molecule has 124 valence electrons. The van der Waals surface area contributed by atoms with Crippen molar-refractivity contribution in [1.82, 2.24) is 0 Å². The van der Waals surface area contributed by atoms with E-state index < -0.39 is 0 Å². The molecule has 0 aliphatic heterocycles. The Hall–Kier alpha value is -0.550. The first kappa shape index (κ1) is 15.9. The summed E-state index contributed by atoms with van der Waals surface area (Å²) >= 11 is 2.31. The van der Waals surface area contributed by atoms with Crippen LogP contribution in [0.1, 0.15) is 49.7 Å². The number of phenols is 1. The van der Waals surface area contributed by atoms with Crippen molar-refractivity contribution in [2.75, 3.05) is 0 Å². The van der Waals surface area contributed by atoms with Gasteiger partial charge in [-0.1, -0.05) is 41.7 Å². The number of hydrogen-bond donors (Lipinski definition) is 2. The quantitative estimate of drug-likeness (QED) is 0.637. The fourth-order valence-electron chi connectivity index (χ4n) is 6.01. The monoisotopic (exact) mass is 424 g/mol. The molecule has 3 aliphatic rings. The molecule has 0 saturated heterocycles. The molecule has 1 aromatic carbocycles. The van der Waals surface area contributed by atoms with Crippen LogP contribution in [-0.2, 0) is 6.42 Å². The van der Waals surface area contributed by atoms with Gasteiger partial charge < -0.3 is 10.2 Å². The van der Waals surface area contributed by atoms with Crippen LogP contribution < -0.4 is 0 Å². The molecule has 0 bridgehead atoms. The molecule has 4 rings (SSSR count). The summed E-state index contributed by atoms with van der Waals surface area (Å²) in [6.07, 6.45) is 7.64. The van der Waals surface area contributed by atoms with Crippen molar-refractivity contribution in [2.45, 2.75) is 51.0 Å². The summed E-state index contributed by atoms with van der Waals surface area (Å²) in [5.41, 5.74) is 2.88. The molecule has 2 saturated carbocycles. The second kappa shape index (κ2) is 5.76. The standard InChI is InChI=1S/C20H25IO2/c1-20-8-6-16-15-5-3-14(22)10-12(15)2-4-17(16)19(20)13(7-9-21)11-18(20)23/h3,5,7,9-10,13,16-19,22-23H,2,4,6,8,11H2,1H3/t13?,16-,17-,18?,19+,20-/m1/s1. The van der Waals surface area contributed by atoms with Gasteiger partial charge in [0.25, 0.3) is 0 Å². The topological polar surface area (TPSA) is 40.5 Å². The van der Waals surface area contributed by atoms with Crippen molar-refractivity contribution >= 4 is 22.6 Å². The Kier molecular flexibility index (Phi) is 4.00. The van der Waals surface area contributed by atoms with Gasteiger partial charge in [0.15, 0.2) is 0 Å². The summed E-state index contributed by atoms with van der Waals surface area (Å²) in [4.78, 5) is 0. The first-order valence-electron chi connectivity index (χ1n) is 8.81. The summed E-state index contributed by atoms with van der Waals surface area (Å²) < 4.78 is 2.14. The zero-order valence-electron chi connectivity index (χ0n) is 13.6. The minimum atomic E-state index is -0.160. The van der Waals surface area contributed by atoms with Crippen LogP contribution in [0.15, 0.2) is 28.4 Å². The number of rotatable bonds is 1. The summed E-state index contributed by atoms with van der Waals surface area (Å²) in [5.74, 6) is 2.76. The fourth-order valence-corrected chi connectivity index (χ4v) is 6.54. The number of aliphatic hydroxyl groups excluding tert-OH is 1. The number of aliphatic hydroxyl groups is 1. The van der Waals surface area contributed by atoms with Gasteiger partial charge in [0.05, 0.1) is 6.10 Å². The summed E-state index contributed by atoms with van der Waals surface area (Å²) in [6.45, 7) is 2.33. The first-order valence-corrected chi connectivity index (χ1v) is 10.1. The Labute approximate surface area is 152 Å². The lowest BCUT2D eigenvalue weighted by Crippen LogP contribution is -2.45. The normalized spacial score (nSPS) is 42.3. The highest BCUT2D eigenvalue weighted by atomic mass is 127. The van der Waals surface area contributed by atoms with Crippen molar-refractivity contribution in [2.24, 2.45) is 23.2 Å². The van der Waals surface area contributed by atoms with E-state index in [1.165, 1.54) is 24.0 Å². The maximum absolute atomic E-state index is 10.7. The lowest BCUT2D eigenvalue weighted by atomic mass is 9.54. The Morgan fingerprint density at radius 1 is 1.30 bits per heavy atom. The largest absolute Gasteiger partial charge is 0.508 e. The highest BCUT2D eigenvalue weighted by Crippen LogP contribution is 2.63. The number of aryl methyl sites for hydroxylation is 1. The molecule has 2 fully saturated rings. The van der Waals surface area contributed by atoms with Crippen LogP contribution in [-0.4, -0.2) is 16.3 Å². The molecular weight excluding hydrogens is 399 g/mol. The maximum atomic E-state index is 10.7. The van der Waals surface area contributed by atoms with Gasteiger partial charge in [0.2, 0.25) is 0 Å². The zero-order valence-corrected chi connectivity index (χ0v) is 15.7. The maximum Gasteiger partial charge on any atom is 0.115 e. The third kappa shape index (κ3) is 2.38. The second-order valence-electron chi connectivity index (χ2n) is 8.00. The summed E-state index contributed by atoms with van der Waals surface area (Å²) in [6, 6.07) is 5.96. The molecule has 0 spiro atoms. The minimum Gasteiger partial charge on any atom is -0.508 e. The van der Waals surface area contributed by atoms with E-state index >= 15 is 0 Å². The number of hydrogen-bond acceptors (Lipinski definition) is 2. The number of halogens is 1. The molecular formula is C20H25IO2. The van der Waals surface area contributed by atoms with Crippen LogP contribution in [0.2, 0.25) is 0 Å². The van der Waals surface area contributed by atoms with E-state index in [-0.39, 0.29) is 11.5 Å². The number of benzene rings is 1. The molecule has 3 aliphatic carbocycles. The SMILES string of the molecule is C[C@]12CC[C@@H]3c4ccc(O)cc4CC[C@H]3[C@@H]1C(C=CI)CC2O. The molecule has 0 amide bonds. The van der Waals surface area contributed by atoms with Crippen molar-refractivity contribution in [3.8, 4) is 5.75 Å². The summed E-state index contributed by atoms with van der Waals surface area (Å²) in [5, 5.41) is 20.5. The van der Waals surface area contributed by atoms with Gasteiger partial charge in [-0.15, -0.1) is 0 Å². The molecule has 0 radical (unpaired) electrons. The van der Waals surface area contributed by atoms with Crippen LogP contribution in [0.25, 0.3) is 0 Å². The van der Waals surface area contributed by atoms with Crippen molar-refractivity contribution in [3.05, 3.63) is 39.5 Å². The average molecular weight is 424 g/mol. The van der Waals surface area contributed by atoms with Gasteiger partial charge in [0.1, 0.15) is 5.75 Å². The van der Waals surface area contributed by atoms with Crippen LogP contribution >= 0.6 is 22.6 Å². The van der Waals surface area contributed by atoms with Gasteiger partial charge in [-0.2, -0.15) is 0 Å². The number of aromatic hydroxyl groups is 1. The first-order chi connectivity index (χ1) is 11.0. The highest BCUT2D eigenvalue weighted by molar-refractivity contribution is 14.1. The van der Waals surface area contributed by atoms with Crippen molar-refractivity contribution in [1.29, 1.82) is 0 Å². The molecule has 1 aromatic rings. The van der Waals surface area contributed by atoms with E-state index in [0.29, 0.717) is 29.4 Å². The van der Waals surface area contributed by atoms with Gasteiger partial charge in [-0.25, -0.2) is 0 Å². The van der Waals surface area contributed by atoms with Crippen LogP contribution in [0.4, 0.5) is 0 Å². The molecule has 6 atom stereocenters. The second-order valence-corrected chi connectivity index (χ2v) is 8.72. The van der Waals surface area contributed by atoms with E-state index in [1.54, 1.807) is 0 Å².